The molecule has 2 saturated heterocycles. The summed E-state index contributed by atoms with van der Waals surface area (Å²) < 4.78 is 37.4. The summed E-state index contributed by atoms with van der Waals surface area (Å²) in [7, 11) is -3.56. The molecule has 1 aromatic carbocycles. The molecule has 2 aromatic rings. The van der Waals surface area contributed by atoms with E-state index in [1.165, 1.54) is 16.4 Å². The van der Waals surface area contributed by atoms with Gasteiger partial charge in [0.1, 0.15) is 5.76 Å². The molecular formula is C21H28N4O5S. The van der Waals surface area contributed by atoms with E-state index >= 15 is 0 Å². The number of nitrogens with zero attached hydrogens (tertiary/aromatic N) is 4. The molecule has 1 amide bonds. The van der Waals surface area contributed by atoms with E-state index in [1.54, 1.807) is 12.1 Å². The first-order valence-electron chi connectivity index (χ1n) is 10.5. The van der Waals surface area contributed by atoms with Gasteiger partial charge >= 0.3 is 0 Å². The van der Waals surface area contributed by atoms with Gasteiger partial charge in [0.2, 0.25) is 10.0 Å². The number of hydrogen-bond donors (Lipinski definition) is 0. The zero-order chi connectivity index (χ0) is 22.0. The summed E-state index contributed by atoms with van der Waals surface area (Å²) in [6, 6.07) is 6.25. The molecule has 2 aliphatic heterocycles. The van der Waals surface area contributed by atoms with Crippen LogP contribution in [0.1, 0.15) is 27.4 Å². The van der Waals surface area contributed by atoms with E-state index in [-0.39, 0.29) is 10.8 Å². The van der Waals surface area contributed by atoms with E-state index in [4.69, 9.17) is 9.26 Å². The lowest BCUT2D eigenvalue weighted by atomic mass is 10.1. The van der Waals surface area contributed by atoms with E-state index < -0.39 is 10.0 Å². The Labute approximate surface area is 182 Å². The molecule has 31 heavy (non-hydrogen) atoms. The van der Waals surface area contributed by atoms with Crippen LogP contribution in [0.3, 0.4) is 0 Å². The van der Waals surface area contributed by atoms with Crippen molar-refractivity contribution in [1.29, 1.82) is 0 Å². The second-order valence-corrected chi connectivity index (χ2v) is 9.85. The maximum absolute atomic E-state index is 12.9. The molecule has 0 radical (unpaired) electrons. The first kappa shape index (κ1) is 21.9. The van der Waals surface area contributed by atoms with Crippen LogP contribution in [-0.4, -0.2) is 86.1 Å². The summed E-state index contributed by atoms with van der Waals surface area (Å²) in [5.74, 6) is 0.760. The third-order valence-corrected chi connectivity index (χ3v) is 7.84. The van der Waals surface area contributed by atoms with Crippen LogP contribution >= 0.6 is 0 Å². The lowest BCUT2D eigenvalue weighted by molar-refractivity contribution is 0.0627. The number of aromatic nitrogens is 1. The monoisotopic (exact) mass is 448 g/mol. The molecule has 0 saturated carbocycles. The van der Waals surface area contributed by atoms with Crippen LogP contribution in [0.5, 0.6) is 0 Å². The maximum atomic E-state index is 12.9. The van der Waals surface area contributed by atoms with Crippen molar-refractivity contribution in [1.82, 2.24) is 19.3 Å². The number of morpholine rings is 1. The topological polar surface area (TPSA) is 96.2 Å². The molecule has 2 fully saturated rings. The van der Waals surface area contributed by atoms with Crippen molar-refractivity contribution in [2.45, 2.75) is 25.3 Å². The van der Waals surface area contributed by atoms with Crippen molar-refractivity contribution in [2.24, 2.45) is 0 Å². The van der Waals surface area contributed by atoms with Gasteiger partial charge in [-0.25, -0.2) is 8.42 Å². The molecule has 0 atom stereocenters. The summed E-state index contributed by atoms with van der Waals surface area (Å²) in [5, 5.41) is 4.00. The third kappa shape index (κ3) is 4.67. The Balaban J connectivity index is 1.36. The number of benzene rings is 1. The van der Waals surface area contributed by atoms with Crippen LogP contribution in [0.4, 0.5) is 0 Å². The van der Waals surface area contributed by atoms with E-state index in [1.807, 2.05) is 18.7 Å². The van der Waals surface area contributed by atoms with Gasteiger partial charge in [-0.15, -0.1) is 0 Å². The van der Waals surface area contributed by atoms with Crippen LogP contribution in [0.25, 0.3) is 0 Å². The standard InChI is InChI=1S/C21H28N4O5S/c1-16-20(17(2)30-22-16)15-23-7-9-24(10-8-23)21(26)18-3-5-19(6-4-18)31(27,28)25-11-13-29-14-12-25/h3-6H,7-15H2,1-2H3. The van der Waals surface area contributed by atoms with Gasteiger partial charge in [-0.3, -0.25) is 9.69 Å². The Morgan fingerprint density at radius 1 is 1.00 bits per heavy atom. The van der Waals surface area contributed by atoms with E-state index in [0.717, 1.165) is 36.7 Å². The first-order chi connectivity index (χ1) is 14.9. The molecule has 0 N–H and O–H groups in total. The predicted octanol–water partition coefficient (Wildman–Crippen LogP) is 1.27. The van der Waals surface area contributed by atoms with Crippen LogP contribution < -0.4 is 0 Å². The molecule has 9 nitrogen and oxygen atoms in total. The lowest BCUT2D eigenvalue weighted by Crippen LogP contribution is -2.48. The van der Waals surface area contributed by atoms with E-state index in [9.17, 15) is 13.2 Å². The van der Waals surface area contributed by atoms with Gasteiger partial charge in [0.05, 0.1) is 23.8 Å². The molecule has 10 heteroatoms. The highest BCUT2D eigenvalue weighted by Gasteiger charge is 2.27. The molecule has 2 aliphatic rings. The highest BCUT2D eigenvalue weighted by Crippen LogP contribution is 2.20. The lowest BCUT2D eigenvalue weighted by Gasteiger charge is -2.34. The number of aryl methyl sites for hydroxylation is 2. The number of piperazine rings is 1. The number of amides is 1. The Morgan fingerprint density at radius 3 is 2.23 bits per heavy atom. The average Bonchev–Trinajstić information content (AvgIpc) is 3.12. The predicted molar refractivity (Wildman–Crippen MR) is 113 cm³/mol. The molecule has 4 rings (SSSR count). The molecular weight excluding hydrogens is 420 g/mol. The number of hydrogen-bond acceptors (Lipinski definition) is 7. The van der Waals surface area contributed by atoms with Gasteiger partial charge in [-0.1, -0.05) is 5.16 Å². The van der Waals surface area contributed by atoms with Crippen molar-refractivity contribution in [3.63, 3.8) is 0 Å². The van der Waals surface area contributed by atoms with Crippen molar-refractivity contribution in [3.05, 3.63) is 46.8 Å². The van der Waals surface area contributed by atoms with Crippen molar-refractivity contribution in [2.75, 3.05) is 52.5 Å². The summed E-state index contributed by atoms with van der Waals surface area (Å²) in [6.45, 7) is 8.88. The molecule has 0 aliphatic carbocycles. The van der Waals surface area contributed by atoms with Crippen molar-refractivity contribution >= 4 is 15.9 Å². The highest BCUT2D eigenvalue weighted by atomic mass is 32.2. The smallest absolute Gasteiger partial charge is 0.253 e. The number of carbonyl (C=O) groups excluding carboxylic acids is 1. The molecule has 168 valence electrons. The summed E-state index contributed by atoms with van der Waals surface area (Å²) >= 11 is 0. The van der Waals surface area contributed by atoms with Crippen molar-refractivity contribution < 1.29 is 22.5 Å². The fourth-order valence-electron chi connectivity index (χ4n) is 3.95. The SMILES string of the molecule is Cc1noc(C)c1CN1CCN(C(=O)c2ccc(S(=O)(=O)N3CCOCC3)cc2)CC1. The minimum absolute atomic E-state index is 0.0766. The summed E-state index contributed by atoms with van der Waals surface area (Å²) in [5.41, 5.74) is 2.51. The zero-order valence-electron chi connectivity index (χ0n) is 17.9. The van der Waals surface area contributed by atoms with Crippen LogP contribution in [0.15, 0.2) is 33.7 Å². The van der Waals surface area contributed by atoms with Gasteiger partial charge < -0.3 is 14.2 Å². The van der Waals surface area contributed by atoms with Gasteiger partial charge in [0, 0.05) is 56.9 Å². The van der Waals surface area contributed by atoms with Crippen molar-refractivity contribution in [3.8, 4) is 0 Å². The first-order valence-corrected chi connectivity index (χ1v) is 11.9. The summed E-state index contributed by atoms with van der Waals surface area (Å²) in [6.07, 6.45) is 0. The second kappa shape index (κ2) is 9.07. The second-order valence-electron chi connectivity index (χ2n) is 7.91. The van der Waals surface area contributed by atoms with Gasteiger partial charge in [0.25, 0.3) is 5.91 Å². The Morgan fingerprint density at radius 2 is 1.65 bits per heavy atom. The van der Waals surface area contributed by atoms with E-state index in [2.05, 4.69) is 10.1 Å². The number of rotatable bonds is 5. The van der Waals surface area contributed by atoms with Crippen LogP contribution in [0, 0.1) is 13.8 Å². The average molecular weight is 449 g/mol. The molecule has 0 unspecified atom stereocenters. The number of sulfonamides is 1. The minimum atomic E-state index is -3.56. The van der Waals surface area contributed by atoms with Gasteiger partial charge in [-0.2, -0.15) is 4.31 Å². The maximum Gasteiger partial charge on any atom is 0.253 e. The zero-order valence-corrected chi connectivity index (χ0v) is 18.7. The fraction of sp³-hybridized carbons (Fsp3) is 0.524. The quantitative estimate of drug-likeness (QED) is 0.680. The van der Waals surface area contributed by atoms with Crippen LogP contribution in [-0.2, 0) is 21.3 Å². The Bertz CT molecular complexity index is 1000. The minimum Gasteiger partial charge on any atom is -0.379 e. The molecule has 1 aromatic heterocycles. The fourth-order valence-corrected chi connectivity index (χ4v) is 5.36. The van der Waals surface area contributed by atoms with E-state index in [0.29, 0.717) is 45.0 Å². The van der Waals surface area contributed by atoms with Gasteiger partial charge in [0.15, 0.2) is 0 Å². The normalized spacial score (nSPS) is 19.0. The molecule has 3 heterocycles. The largest absolute Gasteiger partial charge is 0.379 e. The third-order valence-electron chi connectivity index (χ3n) is 5.93. The summed E-state index contributed by atoms with van der Waals surface area (Å²) in [4.78, 5) is 17.2. The van der Waals surface area contributed by atoms with Crippen LogP contribution in [0.2, 0.25) is 0 Å². The Hall–Kier alpha value is -2.27. The molecule has 0 spiro atoms. The Kier molecular flexibility index (Phi) is 6.42. The van der Waals surface area contributed by atoms with Gasteiger partial charge in [-0.05, 0) is 38.1 Å². The number of carbonyl (C=O) groups is 1. The highest BCUT2D eigenvalue weighted by molar-refractivity contribution is 7.89. The molecule has 0 bridgehead atoms. The number of ether oxygens (including phenoxy) is 1.